The van der Waals surface area contributed by atoms with E-state index in [2.05, 4.69) is 15.9 Å². The highest BCUT2D eigenvalue weighted by Crippen LogP contribution is 2.31. The number of nitrogens with zero attached hydrogens (tertiary/aromatic N) is 1. The molecule has 0 saturated heterocycles. The lowest BCUT2D eigenvalue weighted by molar-refractivity contribution is -0.147. The van der Waals surface area contributed by atoms with Crippen LogP contribution in [0.1, 0.15) is 18.1 Å². The standard InChI is InChI=1S/C19H18BrNO3/c1-13-10-15-4-2-3-5-17(15)21(13)18(22)12-24-19(23)11-14-6-8-16(20)9-7-14/h2-9,13H,10-12H2,1H3. The van der Waals surface area contributed by atoms with Crippen molar-refractivity contribution in [3.8, 4) is 0 Å². The van der Waals surface area contributed by atoms with Crippen LogP contribution in [0.15, 0.2) is 53.0 Å². The molecule has 1 heterocycles. The fraction of sp³-hybridized carbons (Fsp3) is 0.263. The molecule has 0 spiro atoms. The molecule has 0 bridgehead atoms. The Morgan fingerprint density at radius 1 is 1.17 bits per heavy atom. The van der Waals surface area contributed by atoms with Crippen molar-refractivity contribution >= 4 is 33.5 Å². The Labute approximate surface area is 149 Å². The Morgan fingerprint density at radius 3 is 2.62 bits per heavy atom. The Bertz CT molecular complexity index is 757. The lowest BCUT2D eigenvalue weighted by Crippen LogP contribution is -2.38. The quantitative estimate of drug-likeness (QED) is 0.754. The van der Waals surface area contributed by atoms with Crippen molar-refractivity contribution in [1.82, 2.24) is 0 Å². The maximum Gasteiger partial charge on any atom is 0.310 e. The van der Waals surface area contributed by atoms with Crippen LogP contribution in [-0.4, -0.2) is 24.5 Å². The van der Waals surface area contributed by atoms with Gasteiger partial charge >= 0.3 is 5.97 Å². The summed E-state index contributed by atoms with van der Waals surface area (Å²) in [6.45, 7) is 1.77. The van der Waals surface area contributed by atoms with Gasteiger partial charge in [-0.25, -0.2) is 0 Å². The van der Waals surface area contributed by atoms with Gasteiger partial charge < -0.3 is 9.64 Å². The number of para-hydroxylation sites is 1. The van der Waals surface area contributed by atoms with E-state index < -0.39 is 5.97 Å². The lowest BCUT2D eigenvalue weighted by Gasteiger charge is -2.22. The molecule has 124 valence electrons. The van der Waals surface area contributed by atoms with Gasteiger partial charge in [0.25, 0.3) is 5.91 Å². The first-order chi connectivity index (χ1) is 11.5. The summed E-state index contributed by atoms with van der Waals surface area (Å²) in [7, 11) is 0. The zero-order chi connectivity index (χ0) is 17.1. The molecular formula is C19H18BrNO3. The number of esters is 1. The molecule has 4 nitrogen and oxygen atoms in total. The predicted molar refractivity (Wildman–Crippen MR) is 95.9 cm³/mol. The number of anilines is 1. The van der Waals surface area contributed by atoms with E-state index >= 15 is 0 Å². The SMILES string of the molecule is CC1Cc2ccccc2N1C(=O)COC(=O)Cc1ccc(Br)cc1. The molecule has 0 radical (unpaired) electrons. The van der Waals surface area contributed by atoms with Crippen molar-refractivity contribution in [2.75, 3.05) is 11.5 Å². The second-order valence-electron chi connectivity index (χ2n) is 5.91. The molecule has 0 N–H and O–H groups in total. The third kappa shape index (κ3) is 3.67. The summed E-state index contributed by atoms with van der Waals surface area (Å²) in [6.07, 6.45) is 0.988. The van der Waals surface area contributed by atoms with Crippen LogP contribution in [0.3, 0.4) is 0 Å². The molecule has 0 aliphatic carbocycles. The second kappa shape index (κ2) is 7.18. The van der Waals surface area contributed by atoms with E-state index in [1.165, 1.54) is 0 Å². The minimum atomic E-state index is -0.397. The Morgan fingerprint density at radius 2 is 1.88 bits per heavy atom. The van der Waals surface area contributed by atoms with Gasteiger partial charge in [-0.1, -0.05) is 46.3 Å². The summed E-state index contributed by atoms with van der Waals surface area (Å²) in [4.78, 5) is 26.1. The average molecular weight is 388 g/mol. The Kier molecular flexibility index (Phi) is 5.00. The topological polar surface area (TPSA) is 46.6 Å². The van der Waals surface area contributed by atoms with Crippen molar-refractivity contribution in [3.63, 3.8) is 0 Å². The van der Waals surface area contributed by atoms with Crippen LogP contribution < -0.4 is 4.90 Å². The number of rotatable bonds is 4. The number of halogens is 1. The molecule has 2 aromatic rings. The molecule has 1 aliphatic heterocycles. The second-order valence-corrected chi connectivity index (χ2v) is 6.83. The summed E-state index contributed by atoms with van der Waals surface area (Å²) in [5, 5.41) is 0. The molecule has 3 rings (SSSR count). The normalized spacial score (nSPS) is 15.9. The molecular weight excluding hydrogens is 370 g/mol. The third-order valence-electron chi connectivity index (χ3n) is 4.09. The molecule has 0 aromatic heterocycles. The fourth-order valence-corrected chi connectivity index (χ4v) is 3.24. The maximum atomic E-state index is 12.5. The van der Waals surface area contributed by atoms with Crippen LogP contribution in [0.5, 0.6) is 0 Å². The third-order valence-corrected chi connectivity index (χ3v) is 4.62. The predicted octanol–water partition coefficient (Wildman–Crippen LogP) is 3.51. The lowest BCUT2D eigenvalue weighted by atomic mass is 10.1. The number of hydrogen-bond acceptors (Lipinski definition) is 3. The highest BCUT2D eigenvalue weighted by molar-refractivity contribution is 9.10. The van der Waals surface area contributed by atoms with Crippen LogP contribution in [0, 0.1) is 0 Å². The van der Waals surface area contributed by atoms with E-state index in [-0.39, 0.29) is 25.0 Å². The van der Waals surface area contributed by atoms with Crippen LogP contribution >= 0.6 is 15.9 Å². The van der Waals surface area contributed by atoms with Crippen molar-refractivity contribution < 1.29 is 14.3 Å². The summed E-state index contributed by atoms with van der Waals surface area (Å²) >= 11 is 3.35. The first-order valence-electron chi connectivity index (χ1n) is 7.84. The minimum Gasteiger partial charge on any atom is -0.455 e. The minimum absolute atomic E-state index is 0.0834. The van der Waals surface area contributed by atoms with Gasteiger partial charge in [-0.05, 0) is 42.7 Å². The summed E-state index contributed by atoms with van der Waals surface area (Å²) in [5.41, 5.74) is 2.93. The van der Waals surface area contributed by atoms with E-state index in [4.69, 9.17) is 4.74 Å². The van der Waals surface area contributed by atoms with Crippen LogP contribution in [0.2, 0.25) is 0 Å². The zero-order valence-corrected chi connectivity index (χ0v) is 15.0. The van der Waals surface area contributed by atoms with E-state index in [0.29, 0.717) is 0 Å². The number of fused-ring (bicyclic) bond motifs is 1. The molecule has 2 aromatic carbocycles. The molecule has 1 unspecified atom stereocenters. The number of amides is 1. The fourth-order valence-electron chi connectivity index (χ4n) is 2.98. The van der Waals surface area contributed by atoms with E-state index in [1.54, 1.807) is 4.90 Å². The highest BCUT2D eigenvalue weighted by atomic mass is 79.9. The van der Waals surface area contributed by atoms with Gasteiger partial charge in [0.1, 0.15) is 0 Å². The first kappa shape index (κ1) is 16.7. The van der Waals surface area contributed by atoms with Crippen LogP contribution in [0.4, 0.5) is 5.69 Å². The highest BCUT2D eigenvalue weighted by Gasteiger charge is 2.30. The maximum absolute atomic E-state index is 12.5. The van der Waals surface area contributed by atoms with Gasteiger partial charge in [0, 0.05) is 16.2 Å². The summed E-state index contributed by atoms with van der Waals surface area (Å²) in [6, 6.07) is 15.4. The van der Waals surface area contributed by atoms with Crippen LogP contribution in [-0.2, 0) is 27.2 Å². The Hall–Kier alpha value is -2.14. The van der Waals surface area contributed by atoms with Crippen molar-refractivity contribution in [2.45, 2.75) is 25.8 Å². The average Bonchev–Trinajstić information content (AvgIpc) is 2.90. The van der Waals surface area contributed by atoms with Gasteiger partial charge in [0.15, 0.2) is 6.61 Å². The number of ether oxygens (including phenoxy) is 1. The van der Waals surface area contributed by atoms with Gasteiger partial charge in [0.05, 0.1) is 6.42 Å². The molecule has 1 amide bonds. The first-order valence-corrected chi connectivity index (χ1v) is 8.64. The Balaban J connectivity index is 1.57. The van der Waals surface area contributed by atoms with Gasteiger partial charge in [-0.15, -0.1) is 0 Å². The largest absolute Gasteiger partial charge is 0.455 e. The van der Waals surface area contributed by atoms with Gasteiger partial charge in [-0.2, -0.15) is 0 Å². The molecule has 5 heteroatoms. The number of benzene rings is 2. The van der Waals surface area contributed by atoms with E-state index in [1.807, 2.05) is 55.5 Å². The molecule has 1 aliphatic rings. The van der Waals surface area contributed by atoms with E-state index in [0.717, 1.165) is 27.7 Å². The molecule has 1 atom stereocenters. The smallest absolute Gasteiger partial charge is 0.310 e. The van der Waals surface area contributed by atoms with Crippen molar-refractivity contribution in [2.24, 2.45) is 0 Å². The van der Waals surface area contributed by atoms with Crippen molar-refractivity contribution in [1.29, 1.82) is 0 Å². The summed E-state index contributed by atoms with van der Waals surface area (Å²) < 4.78 is 6.13. The van der Waals surface area contributed by atoms with Crippen LogP contribution in [0.25, 0.3) is 0 Å². The number of carbonyl (C=O) groups excluding carboxylic acids is 2. The zero-order valence-electron chi connectivity index (χ0n) is 13.4. The number of carbonyl (C=O) groups is 2. The van der Waals surface area contributed by atoms with Gasteiger partial charge in [0.2, 0.25) is 0 Å². The summed E-state index contributed by atoms with van der Waals surface area (Å²) in [5.74, 6) is -0.581. The molecule has 0 saturated carbocycles. The monoisotopic (exact) mass is 387 g/mol. The molecule has 0 fully saturated rings. The molecule has 24 heavy (non-hydrogen) atoms. The van der Waals surface area contributed by atoms with E-state index in [9.17, 15) is 9.59 Å². The van der Waals surface area contributed by atoms with Crippen molar-refractivity contribution in [3.05, 3.63) is 64.1 Å². The number of hydrogen-bond donors (Lipinski definition) is 0. The van der Waals surface area contributed by atoms with Gasteiger partial charge in [-0.3, -0.25) is 9.59 Å².